The lowest BCUT2D eigenvalue weighted by atomic mass is 10.1. The van der Waals surface area contributed by atoms with Gasteiger partial charge in [0.2, 0.25) is 10.0 Å². The first-order valence-corrected chi connectivity index (χ1v) is 14.3. The van der Waals surface area contributed by atoms with Crippen LogP contribution >= 0.6 is 11.6 Å². The van der Waals surface area contributed by atoms with Crippen LogP contribution in [0.5, 0.6) is 0 Å². The fourth-order valence-corrected chi connectivity index (χ4v) is 5.79. The molecule has 0 unspecified atom stereocenters. The van der Waals surface area contributed by atoms with Gasteiger partial charge in [-0.25, -0.2) is 18.1 Å². The normalized spacial score (nSPS) is 14.8. The third-order valence-electron chi connectivity index (χ3n) is 6.69. The maximum atomic E-state index is 12.8. The minimum Gasteiger partial charge on any atom is -0.369 e. The summed E-state index contributed by atoms with van der Waals surface area (Å²) in [6, 6.07) is 16.5. The zero-order valence-electron chi connectivity index (χ0n) is 20.7. The Morgan fingerprint density at radius 1 is 1.03 bits per heavy atom. The number of nitrogens with one attached hydrogen (secondary N) is 3. The maximum Gasteiger partial charge on any atom is 0.240 e. The Bertz CT molecular complexity index is 1460. The van der Waals surface area contributed by atoms with Gasteiger partial charge in [-0.3, -0.25) is 0 Å². The van der Waals surface area contributed by atoms with Crippen molar-refractivity contribution < 1.29 is 8.42 Å². The van der Waals surface area contributed by atoms with E-state index in [-0.39, 0.29) is 4.90 Å². The molecule has 37 heavy (non-hydrogen) atoms. The largest absolute Gasteiger partial charge is 0.369 e. The Labute approximate surface area is 222 Å². The van der Waals surface area contributed by atoms with Crippen LogP contribution in [0.3, 0.4) is 0 Å². The number of nitrogens with zero attached hydrogens (tertiary/aromatic N) is 3. The molecule has 194 valence electrons. The molecule has 1 aliphatic heterocycles. The van der Waals surface area contributed by atoms with Gasteiger partial charge in [0.05, 0.1) is 4.90 Å². The smallest absolute Gasteiger partial charge is 0.240 e. The summed E-state index contributed by atoms with van der Waals surface area (Å²) in [5, 5.41) is 5.04. The zero-order chi connectivity index (χ0) is 25.8. The number of aromatic nitrogens is 2. The second-order valence-electron chi connectivity index (χ2n) is 9.34. The molecule has 0 spiro atoms. The number of aromatic amines is 1. The lowest BCUT2D eigenvalue weighted by Crippen LogP contribution is -2.44. The SMILES string of the molecule is CN1CCN(c2ccnc(Nc3ccc(S(=O)(=O)NCCCc4c[nH]c5ccc(Cl)cc45)cc3)c2)CC1. The van der Waals surface area contributed by atoms with Crippen LogP contribution < -0.4 is 14.9 Å². The van der Waals surface area contributed by atoms with Crippen LogP contribution in [0.2, 0.25) is 5.02 Å². The average molecular weight is 539 g/mol. The summed E-state index contributed by atoms with van der Waals surface area (Å²) in [7, 11) is -1.46. The quantitative estimate of drug-likeness (QED) is 0.269. The van der Waals surface area contributed by atoms with Crippen LogP contribution in [-0.2, 0) is 16.4 Å². The Morgan fingerprint density at radius 3 is 2.59 bits per heavy atom. The molecule has 8 nitrogen and oxygen atoms in total. The second-order valence-corrected chi connectivity index (χ2v) is 11.5. The van der Waals surface area contributed by atoms with Gasteiger partial charge in [0.1, 0.15) is 5.82 Å². The third-order valence-corrected chi connectivity index (χ3v) is 8.41. The van der Waals surface area contributed by atoms with Crippen molar-refractivity contribution in [3.8, 4) is 0 Å². The molecule has 0 bridgehead atoms. The van der Waals surface area contributed by atoms with Crippen LogP contribution in [0.4, 0.5) is 17.2 Å². The molecule has 3 heterocycles. The number of sulfonamides is 1. The van der Waals surface area contributed by atoms with Crippen LogP contribution in [0, 0.1) is 0 Å². The summed E-state index contributed by atoms with van der Waals surface area (Å²) >= 11 is 6.12. The molecule has 3 N–H and O–H groups in total. The highest BCUT2D eigenvalue weighted by molar-refractivity contribution is 7.89. The van der Waals surface area contributed by atoms with E-state index in [0.717, 1.165) is 66.3 Å². The Kier molecular flexibility index (Phi) is 7.66. The number of hydrogen-bond acceptors (Lipinski definition) is 6. The molecule has 1 fully saturated rings. The highest BCUT2D eigenvalue weighted by atomic mass is 35.5. The highest BCUT2D eigenvalue weighted by Gasteiger charge is 2.16. The Hall–Kier alpha value is -3.11. The third kappa shape index (κ3) is 6.24. The molecule has 0 radical (unpaired) electrons. The van der Waals surface area contributed by atoms with Crippen molar-refractivity contribution in [3.05, 3.63) is 77.6 Å². The minimum absolute atomic E-state index is 0.232. The molecule has 2 aromatic heterocycles. The van der Waals surface area contributed by atoms with Gasteiger partial charge in [0.25, 0.3) is 0 Å². The van der Waals surface area contributed by atoms with E-state index in [0.29, 0.717) is 18.0 Å². The molecule has 1 saturated heterocycles. The lowest BCUT2D eigenvalue weighted by molar-refractivity contribution is 0.313. The molecule has 0 amide bonds. The van der Waals surface area contributed by atoms with E-state index in [1.807, 2.05) is 36.5 Å². The fraction of sp³-hybridized carbons (Fsp3) is 0.296. The van der Waals surface area contributed by atoms with Crippen LogP contribution in [-0.4, -0.2) is 63.1 Å². The van der Waals surface area contributed by atoms with Gasteiger partial charge in [-0.2, -0.15) is 0 Å². The molecule has 2 aromatic carbocycles. The summed E-state index contributed by atoms with van der Waals surface area (Å²) < 4.78 is 28.3. The minimum atomic E-state index is -3.60. The Balaban J connectivity index is 1.15. The van der Waals surface area contributed by atoms with Gasteiger partial charge >= 0.3 is 0 Å². The Morgan fingerprint density at radius 2 is 1.81 bits per heavy atom. The molecule has 1 aliphatic rings. The van der Waals surface area contributed by atoms with Crippen molar-refractivity contribution >= 4 is 49.7 Å². The number of fused-ring (bicyclic) bond motifs is 1. The molecule has 0 atom stereocenters. The van der Waals surface area contributed by atoms with E-state index >= 15 is 0 Å². The number of H-pyrrole nitrogens is 1. The van der Waals surface area contributed by atoms with Crippen molar-refractivity contribution in [2.45, 2.75) is 17.7 Å². The van der Waals surface area contributed by atoms with E-state index in [9.17, 15) is 8.42 Å². The van der Waals surface area contributed by atoms with Crippen molar-refractivity contribution in [1.82, 2.24) is 19.6 Å². The lowest BCUT2D eigenvalue weighted by Gasteiger charge is -2.34. The molecule has 0 aliphatic carbocycles. The number of hydrogen-bond donors (Lipinski definition) is 3. The molecule has 10 heteroatoms. The van der Waals surface area contributed by atoms with Gasteiger partial charge in [-0.1, -0.05) is 11.6 Å². The van der Waals surface area contributed by atoms with Gasteiger partial charge in [0, 0.05) is 78.5 Å². The van der Waals surface area contributed by atoms with Crippen LogP contribution in [0.25, 0.3) is 10.9 Å². The van der Waals surface area contributed by atoms with Gasteiger partial charge < -0.3 is 20.1 Å². The number of anilines is 3. The van der Waals surface area contributed by atoms with Crippen molar-refractivity contribution in [2.24, 2.45) is 0 Å². The number of benzene rings is 2. The molecule has 0 saturated carbocycles. The summed E-state index contributed by atoms with van der Waals surface area (Å²) in [4.78, 5) is 12.6. The molecular formula is C27H31ClN6O2S. The van der Waals surface area contributed by atoms with Crippen molar-refractivity contribution in [1.29, 1.82) is 0 Å². The van der Waals surface area contributed by atoms with Gasteiger partial charge in [0.15, 0.2) is 0 Å². The first-order chi connectivity index (χ1) is 17.9. The van der Waals surface area contributed by atoms with E-state index in [1.165, 1.54) is 0 Å². The highest BCUT2D eigenvalue weighted by Crippen LogP contribution is 2.24. The molecule has 5 rings (SSSR count). The number of rotatable bonds is 9. The summed E-state index contributed by atoms with van der Waals surface area (Å²) in [5.74, 6) is 0.726. The van der Waals surface area contributed by atoms with Crippen molar-refractivity contribution in [3.63, 3.8) is 0 Å². The van der Waals surface area contributed by atoms with E-state index in [4.69, 9.17) is 11.6 Å². The summed E-state index contributed by atoms with van der Waals surface area (Å²) in [6.45, 7) is 4.38. The van der Waals surface area contributed by atoms with Crippen LogP contribution in [0.15, 0.2) is 71.9 Å². The number of pyridine rings is 1. The van der Waals surface area contributed by atoms with E-state index < -0.39 is 10.0 Å². The fourth-order valence-electron chi connectivity index (χ4n) is 4.54. The predicted molar refractivity (Wildman–Crippen MR) is 150 cm³/mol. The standard InChI is InChI=1S/C27H31ClN6O2S/c1-33-13-15-34(16-14-33)23-10-12-29-27(18-23)32-22-5-7-24(8-6-22)37(35,36)31-11-2-3-20-19-30-26-9-4-21(28)17-25(20)26/h4-10,12,17-19,30-31H,2-3,11,13-16H2,1H3,(H,29,32). The van der Waals surface area contributed by atoms with E-state index in [1.54, 1.807) is 30.5 Å². The van der Waals surface area contributed by atoms with Crippen LogP contribution in [0.1, 0.15) is 12.0 Å². The first kappa shape index (κ1) is 25.5. The summed E-state index contributed by atoms with van der Waals surface area (Å²) in [6.07, 6.45) is 5.17. The average Bonchev–Trinajstić information content (AvgIpc) is 3.29. The van der Waals surface area contributed by atoms with Crippen molar-refractivity contribution in [2.75, 3.05) is 50.0 Å². The monoisotopic (exact) mass is 538 g/mol. The summed E-state index contributed by atoms with van der Waals surface area (Å²) in [5.41, 5.74) is 4.05. The van der Waals surface area contributed by atoms with Gasteiger partial charge in [-0.15, -0.1) is 0 Å². The molecular weight excluding hydrogens is 508 g/mol. The zero-order valence-corrected chi connectivity index (χ0v) is 22.3. The number of halogens is 1. The second kappa shape index (κ2) is 11.1. The van der Waals surface area contributed by atoms with Gasteiger partial charge in [-0.05, 0) is 74.0 Å². The number of likely N-dealkylation sites (N-methyl/N-ethyl adjacent to an activating group) is 1. The molecule has 4 aromatic rings. The van der Waals surface area contributed by atoms with E-state index in [2.05, 4.69) is 36.9 Å². The number of aryl methyl sites for hydroxylation is 1. The maximum absolute atomic E-state index is 12.8. The topological polar surface area (TPSA) is 93.4 Å². The predicted octanol–water partition coefficient (Wildman–Crippen LogP) is 4.62. The number of piperazine rings is 1. The first-order valence-electron chi connectivity index (χ1n) is 12.4.